The highest BCUT2D eigenvalue weighted by atomic mass is 16.2. The average molecular weight is 219 g/mol. The normalized spacial score (nSPS) is 22.6. The van der Waals surface area contributed by atoms with Gasteiger partial charge in [0.05, 0.1) is 6.04 Å². The summed E-state index contributed by atoms with van der Waals surface area (Å²) in [6, 6.07) is 4.06. The lowest BCUT2D eigenvalue weighted by molar-refractivity contribution is -0.124. The second-order valence-electron chi connectivity index (χ2n) is 4.15. The van der Waals surface area contributed by atoms with Crippen LogP contribution in [-0.4, -0.2) is 23.5 Å². The highest BCUT2D eigenvalue weighted by Crippen LogP contribution is 2.13. The molecule has 0 aliphatic carbocycles. The zero-order valence-electron chi connectivity index (χ0n) is 9.44. The Kier molecular flexibility index (Phi) is 3.51. The molecule has 2 N–H and O–H groups in total. The van der Waals surface area contributed by atoms with Gasteiger partial charge in [-0.25, -0.2) is 0 Å². The van der Waals surface area contributed by atoms with Crippen LogP contribution in [0.3, 0.4) is 0 Å². The predicted molar refractivity (Wildman–Crippen MR) is 61.8 cm³/mol. The van der Waals surface area contributed by atoms with E-state index in [4.69, 9.17) is 0 Å². The van der Waals surface area contributed by atoms with Crippen molar-refractivity contribution in [3.63, 3.8) is 0 Å². The van der Waals surface area contributed by atoms with Crippen LogP contribution in [0.4, 0.5) is 0 Å². The van der Waals surface area contributed by atoms with Crippen molar-refractivity contribution in [2.75, 3.05) is 6.54 Å². The molecule has 2 rings (SSSR count). The van der Waals surface area contributed by atoms with Gasteiger partial charge in [0.2, 0.25) is 5.91 Å². The number of amides is 1. The minimum absolute atomic E-state index is 0.0584. The molecule has 1 aromatic heterocycles. The first-order valence-electron chi connectivity index (χ1n) is 5.71. The van der Waals surface area contributed by atoms with Crippen LogP contribution in [0.5, 0.6) is 0 Å². The van der Waals surface area contributed by atoms with Crippen molar-refractivity contribution in [1.29, 1.82) is 0 Å². The molecule has 2 atom stereocenters. The van der Waals surface area contributed by atoms with Gasteiger partial charge in [0.1, 0.15) is 0 Å². The molecule has 0 radical (unpaired) electrons. The van der Waals surface area contributed by atoms with Crippen LogP contribution >= 0.6 is 0 Å². The lowest BCUT2D eigenvalue weighted by atomic mass is 10.0. The summed E-state index contributed by atoms with van der Waals surface area (Å²) in [4.78, 5) is 15.6. The zero-order valence-corrected chi connectivity index (χ0v) is 9.44. The first-order chi connectivity index (χ1) is 7.77. The molecule has 1 aromatic rings. The van der Waals surface area contributed by atoms with E-state index in [0.717, 1.165) is 24.9 Å². The fraction of sp³-hybridized carbons (Fsp3) is 0.500. The number of nitrogens with one attached hydrogen (secondary N) is 2. The highest BCUT2D eigenvalue weighted by molar-refractivity contribution is 5.82. The molecule has 16 heavy (non-hydrogen) atoms. The molecule has 2 unspecified atom stereocenters. The predicted octanol–water partition coefficient (Wildman–Crippen LogP) is 1.01. The monoisotopic (exact) mass is 219 g/mol. The first kappa shape index (κ1) is 11.1. The maximum Gasteiger partial charge on any atom is 0.237 e. The van der Waals surface area contributed by atoms with Crippen molar-refractivity contribution in [3.05, 3.63) is 30.1 Å². The molecule has 0 saturated carbocycles. The molecule has 1 amide bonds. The molecular weight excluding hydrogens is 202 g/mol. The summed E-state index contributed by atoms with van der Waals surface area (Å²) in [5.41, 5.74) is 1.16. The van der Waals surface area contributed by atoms with E-state index in [2.05, 4.69) is 22.5 Å². The number of rotatable bonds is 3. The summed E-state index contributed by atoms with van der Waals surface area (Å²) in [5.74, 6) is 0.118. The Bertz CT molecular complexity index is 353. The summed E-state index contributed by atoms with van der Waals surface area (Å²) in [6.07, 6.45) is 5.51. The van der Waals surface area contributed by atoms with E-state index >= 15 is 0 Å². The second-order valence-corrected chi connectivity index (χ2v) is 4.15. The number of pyridine rings is 1. The standard InChI is InChI=1S/C12H17N3O/c1-9(10-4-7-13-8-5-10)15-11-3-2-6-14-12(11)16/h4-5,7-9,11,15H,2-3,6H2,1H3,(H,14,16). The van der Waals surface area contributed by atoms with Crippen molar-refractivity contribution in [2.45, 2.75) is 31.8 Å². The summed E-state index contributed by atoms with van der Waals surface area (Å²) in [6.45, 7) is 2.87. The molecule has 0 spiro atoms. The third-order valence-corrected chi connectivity index (χ3v) is 2.94. The number of hydrogen-bond acceptors (Lipinski definition) is 3. The smallest absolute Gasteiger partial charge is 0.237 e. The molecule has 0 bridgehead atoms. The average Bonchev–Trinajstić information content (AvgIpc) is 2.33. The van der Waals surface area contributed by atoms with E-state index in [1.165, 1.54) is 0 Å². The Morgan fingerprint density at radius 2 is 2.25 bits per heavy atom. The lowest BCUT2D eigenvalue weighted by Gasteiger charge is -2.26. The van der Waals surface area contributed by atoms with Gasteiger partial charge >= 0.3 is 0 Å². The molecule has 4 nitrogen and oxygen atoms in total. The summed E-state index contributed by atoms with van der Waals surface area (Å²) < 4.78 is 0. The highest BCUT2D eigenvalue weighted by Gasteiger charge is 2.23. The van der Waals surface area contributed by atoms with Crippen molar-refractivity contribution in [1.82, 2.24) is 15.6 Å². The molecule has 0 aromatic carbocycles. The molecule has 4 heteroatoms. The van der Waals surface area contributed by atoms with E-state index in [-0.39, 0.29) is 18.0 Å². The van der Waals surface area contributed by atoms with Crippen molar-refractivity contribution in [3.8, 4) is 0 Å². The van der Waals surface area contributed by atoms with Gasteiger partial charge in [-0.2, -0.15) is 0 Å². The molecule has 1 aliphatic rings. The van der Waals surface area contributed by atoms with Crippen molar-refractivity contribution in [2.24, 2.45) is 0 Å². The van der Waals surface area contributed by atoms with Crippen LogP contribution < -0.4 is 10.6 Å². The molecule has 2 heterocycles. The number of nitrogens with zero attached hydrogens (tertiary/aromatic N) is 1. The third-order valence-electron chi connectivity index (χ3n) is 2.94. The first-order valence-corrected chi connectivity index (χ1v) is 5.71. The third kappa shape index (κ3) is 2.58. The quantitative estimate of drug-likeness (QED) is 0.797. The number of carbonyl (C=O) groups excluding carboxylic acids is 1. The molecule has 86 valence electrons. The van der Waals surface area contributed by atoms with Crippen molar-refractivity contribution < 1.29 is 4.79 Å². The Balaban J connectivity index is 1.96. The van der Waals surface area contributed by atoms with Crippen LogP contribution in [-0.2, 0) is 4.79 Å². The molecule has 1 fully saturated rings. The van der Waals surface area contributed by atoms with Gasteiger partial charge in [0.25, 0.3) is 0 Å². The van der Waals surface area contributed by atoms with Crippen LogP contribution in [0.15, 0.2) is 24.5 Å². The largest absolute Gasteiger partial charge is 0.355 e. The Morgan fingerprint density at radius 1 is 1.50 bits per heavy atom. The Morgan fingerprint density at radius 3 is 2.94 bits per heavy atom. The number of aromatic nitrogens is 1. The Hall–Kier alpha value is -1.42. The van der Waals surface area contributed by atoms with E-state index in [0.29, 0.717) is 0 Å². The van der Waals surface area contributed by atoms with Gasteiger partial charge in [-0.05, 0) is 37.5 Å². The van der Waals surface area contributed by atoms with E-state index < -0.39 is 0 Å². The van der Waals surface area contributed by atoms with Gasteiger partial charge in [-0.3, -0.25) is 15.1 Å². The second kappa shape index (κ2) is 5.07. The van der Waals surface area contributed by atoms with Crippen LogP contribution in [0.1, 0.15) is 31.4 Å². The van der Waals surface area contributed by atoms with Gasteiger partial charge in [-0.1, -0.05) is 0 Å². The molecule has 1 aliphatic heterocycles. The van der Waals surface area contributed by atoms with Gasteiger partial charge in [0.15, 0.2) is 0 Å². The maximum atomic E-state index is 11.6. The van der Waals surface area contributed by atoms with Gasteiger partial charge < -0.3 is 5.32 Å². The van der Waals surface area contributed by atoms with Gasteiger partial charge in [-0.15, -0.1) is 0 Å². The molecule has 1 saturated heterocycles. The van der Waals surface area contributed by atoms with Gasteiger partial charge in [0, 0.05) is 25.0 Å². The SMILES string of the molecule is CC(NC1CCCNC1=O)c1ccncc1. The van der Waals surface area contributed by atoms with Crippen LogP contribution in [0, 0.1) is 0 Å². The van der Waals surface area contributed by atoms with Crippen LogP contribution in [0.2, 0.25) is 0 Å². The number of carbonyl (C=O) groups is 1. The van der Waals surface area contributed by atoms with Crippen molar-refractivity contribution >= 4 is 5.91 Å². The molecular formula is C12H17N3O. The maximum absolute atomic E-state index is 11.6. The fourth-order valence-corrected chi connectivity index (χ4v) is 1.98. The van der Waals surface area contributed by atoms with E-state index in [9.17, 15) is 4.79 Å². The van der Waals surface area contributed by atoms with E-state index in [1.54, 1.807) is 12.4 Å². The van der Waals surface area contributed by atoms with Crippen LogP contribution in [0.25, 0.3) is 0 Å². The summed E-state index contributed by atoms with van der Waals surface area (Å²) in [7, 11) is 0. The zero-order chi connectivity index (χ0) is 11.4. The minimum Gasteiger partial charge on any atom is -0.355 e. The number of hydrogen-bond donors (Lipinski definition) is 2. The summed E-state index contributed by atoms with van der Waals surface area (Å²) in [5, 5.41) is 6.22. The minimum atomic E-state index is -0.0584. The fourth-order valence-electron chi connectivity index (χ4n) is 1.98. The lowest BCUT2D eigenvalue weighted by Crippen LogP contribution is -2.48. The Labute approximate surface area is 95.5 Å². The topological polar surface area (TPSA) is 54.0 Å². The number of piperidine rings is 1. The van der Waals surface area contributed by atoms with E-state index in [1.807, 2.05) is 12.1 Å². The summed E-state index contributed by atoms with van der Waals surface area (Å²) >= 11 is 0.